The van der Waals surface area contributed by atoms with Gasteiger partial charge in [0.1, 0.15) is 24.0 Å². The molecule has 0 bridgehead atoms. The van der Waals surface area contributed by atoms with Gasteiger partial charge in [-0.3, -0.25) is 0 Å². The van der Waals surface area contributed by atoms with E-state index in [-0.39, 0.29) is 30.1 Å². The Morgan fingerprint density at radius 1 is 1.00 bits per heavy atom. The van der Waals surface area contributed by atoms with Crippen LogP contribution < -0.4 is 4.74 Å². The first-order chi connectivity index (χ1) is 13.1. The molecular weight excluding hydrogens is 374 g/mol. The zero-order valence-corrected chi connectivity index (χ0v) is 15.7. The summed E-state index contributed by atoms with van der Waals surface area (Å²) < 4.78 is 43.9. The minimum Gasteiger partial charge on any atom is -0.491 e. The maximum atomic E-state index is 13.2. The standard InChI is InChI=1S/C21H23ClF2O3/c22-13-12-20(15-4-6-16(23)7-5-15)27-21-3-1-2-19(26-21)14-25-18-10-8-17(24)9-11-18/h4-11,19-21H,1-3,12-14H2/t19-,20?,21+/m1/s1. The predicted octanol–water partition coefficient (Wildman–Crippen LogP) is 5.63. The smallest absolute Gasteiger partial charge is 0.158 e. The fourth-order valence-corrected chi connectivity index (χ4v) is 3.28. The highest BCUT2D eigenvalue weighted by Crippen LogP contribution is 2.29. The highest BCUT2D eigenvalue weighted by atomic mass is 35.5. The number of hydrogen-bond acceptors (Lipinski definition) is 3. The Balaban J connectivity index is 1.54. The number of halogens is 3. The summed E-state index contributed by atoms with van der Waals surface area (Å²) in [6.07, 6.45) is 2.52. The van der Waals surface area contributed by atoms with Crippen molar-refractivity contribution in [2.75, 3.05) is 12.5 Å². The first-order valence-electron chi connectivity index (χ1n) is 9.15. The van der Waals surface area contributed by atoms with E-state index in [0.29, 0.717) is 24.7 Å². The van der Waals surface area contributed by atoms with Crippen LogP contribution in [0.3, 0.4) is 0 Å². The monoisotopic (exact) mass is 396 g/mol. The van der Waals surface area contributed by atoms with E-state index in [1.54, 1.807) is 24.3 Å². The topological polar surface area (TPSA) is 27.7 Å². The second-order valence-corrected chi connectivity index (χ2v) is 6.92. The summed E-state index contributed by atoms with van der Waals surface area (Å²) in [5.74, 6) is 0.465. The summed E-state index contributed by atoms with van der Waals surface area (Å²) in [5.41, 5.74) is 0.880. The van der Waals surface area contributed by atoms with Gasteiger partial charge in [0.15, 0.2) is 6.29 Å². The fourth-order valence-electron chi connectivity index (χ4n) is 3.08. The van der Waals surface area contributed by atoms with Crippen molar-refractivity contribution in [1.82, 2.24) is 0 Å². The van der Waals surface area contributed by atoms with Gasteiger partial charge in [-0.2, -0.15) is 0 Å². The van der Waals surface area contributed by atoms with E-state index in [9.17, 15) is 8.78 Å². The largest absolute Gasteiger partial charge is 0.491 e. The zero-order chi connectivity index (χ0) is 19.1. The molecule has 1 heterocycles. The van der Waals surface area contributed by atoms with Gasteiger partial charge in [0.05, 0.1) is 12.2 Å². The third-order valence-corrected chi connectivity index (χ3v) is 4.71. The normalized spacial score (nSPS) is 21.0. The van der Waals surface area contributed by atoms with Crippen LogP contribution in [0.2, 0.25) is 0 Å². The van der Waals surface area contributed by atoms with E-state index in [1.165, 1.54) is 24.3 Å². The Bertz CT molecular complexity index is 694. The quantitative estimate of drug-likeness (QED) is 0.541. The highest BCUT2D eigenvalue weighted by molar-refractivity contribution is 6.17. The summed E-state index contributed by atoms with van der Waals surface area (Å²) in [5, 5.41) is 0. The van der Waals surface area contributed by atoms with Gasteiger partial charge in [0.25, 0.3) is 0 Å². The molecule has 0 amide bonds. The predicted molar refractivity (Wildman–Crippen MR) is 100.0 cm³/mol. The molecule has 3 rings (SSSR count). The Labute approximate surface area is 163 Å². The maximum Gasteiger partial charge on any atom is 0.158 e. The van der Waals surface area contributed by atoms with Gasteiger partial charge in [-0.25, -0.2) is 8.78 Å². The lowest BCUT2D eigenvalue weighted by Gasteiger charge is -2.32. The van der Waals surface area contributed by atoms with Gasteiger partial charge in [-0.1, -0.05) is 12.1 Å². The van der Waals surface area contributed by atoms with Crippen LogP contribution in [0, 0.1) is 11.6 Å². The third-order valence-electron chi connectivity index (χ3n) is 4.49. The van der Waals surface area contributed by atoms with E-state index in [2.05, 4.69) is 0 Å². The second-order valence-electron chi connectivity index (χ2n) is 6.54. The highest BCUT2D eigenvalue weighted by Gasteiger charge is 2.26. The molecule has 6 heteroatoms. The summed E-state index contributed by atoms with van der Waals surface area (Å²) in [7, 11) is 0. The Morgan fingerprint density at radius 3 is 2.33 bits per heavy atom. The van der Waals surface area contributed by atoms with Crippen LogP contribution in [0.4, 0.5) is 8.78 Å². The van der Waals surface area contributed by atoms with Crippen molar-refractivity contribution in [2.24, 2.45) is 0 Å². The molecule has 0 aromatic heterocycles. The van der Waals surface area contributed by atoms with Gasteiger partial charge in [0, 0.05) is 5.88 Å². The molecule has 2 aromatic rings. The lowest BCUT2D eigenvalue weighted by Crippen LogP contribution is -2.34. The lowest BCUT2D eigenvalue weighted by atomic mass is 10.1. The van der Waals surface area contributed by atoms with Crippen LogP contribution in [0.5, 0.6) is 5.75 Å². The average molecular weight is 397 g/mol. The lowest BCUT2D eigenvalue weighted by molar-refractivity contribution is -0.221. The van der Waals surface area contributed by atoms with Crippen molar-refractivity contribution >= 4 is 11.6 Å². The summed E-state index contributed by atoms with van der Waals surface area (Å²) in [6.45, 7) is 0.377. The number of rotatable bonds is 8. The van der Waals surface area contributed by atoms with Crippen molar-refractivity contribution in [3.63, 3.8) is 0 Å². The molecule has 3 nitrogen and oxygen atoms in total. The Hall–Kier alpha value is -1.69. The molecule has 0 saturated carbocycles. The minimum absolute atomic E-state index is 0.0985. The van der Waals surface area contributed by atoms with Crippen LogP contribution in [0.15, 0.2) is 48.5 Å². The van der Waals surface area contributed by atoms with Gasteiger partial charge in [-0.05, 0) is 67.6 Å². The van der Waals surface area contributed by atoms with E-state index < -0.39 is 0 Å². The van der Waals surface area contributed by atoms with Crippen molar-refractivity contribution in [3.05, 3.63) is 65.7 Å². The van der Waals surface area contributed by atoms with E-state index in [4.69, 9.17) is 25.8 Å². The number of alkyl halides is 1. The molecule has 146 valence electrons. The first kappa shape index (κ1) is 20.1. The van der Waals surface area contributed by atoms with Gasteiger partial charge >= 0.3 is 0 Å². The third kappa shape index (κ3) is 6.16. The summed E-state index contributed by atoms with van der Waals surface area (Å²) in [6, 6.07) is 12.2. The van der Waals surface area contributed by atoms with Gasteiger partial charge in [0.2, 0.25) is 0 Å². The Kier molecular flexibility index (Phi) is 7.44. The van der Waals surface area contributed by atoms with Crippen molar-refractivity contribution in [1.29, 1.82) is 0 Å². The number of hydrogen-bond donors (Lipinski definition) is 0. The van der Waals surface area contributed by atoms with Gasteiger partial charge < -0.3 is 14.2 Å². The van der Waals surface area contributed by atoms with Crippen LogP contribution in [0.1, 0.15) is 37.4 Å². The molecule has 3 atom stereocenters. The van der Waals surface area contributed by atoms with Crippen molar-refractivity contribution < 1.29 is 23.0 Å². The first-order valence-corrected chi connectivity index (χ1v) is 9.68. The fraction of sp³-hybridized carbons (Fsp3) is 0.429. The van der Waals surface area contributed by atoms with Crippen molar-refractivity contribution in [3.8, 4) is 5.75 Å². The van der Waals surface area contributed by atoms with Crippen molar-refractivity contribution in [2.45, 2.75) is 44.2 Å². The van der Waals surface area contributed by atoms with Gasteiger partial charge in [-0.15, -0.1) is 11.6 Å². The Morgan fingerprint density at radius 2 is 1.67 bits per heavy atom. The SMILES string of the molecule is Fc1ccc(OC[C@H]2CCC[C@H](OC(CCCl)c3ccc(F)cc3)O2)cc1. The summed E-state index contributed by atoms with van der Waals surface area (Å²) in [4.78, 5) is 0. The molecular formula is C21H23ClF2O3. The zero-order valence-electron chi connectivity index (χ0n) is 15.0. The second kappa shape index (κ2) is 10.0. The van der Waals surface area contributed by atoms with Crippen LogP contribution in [0.25, 0.3) is 0 Å². The maximum absolute atomic E-state index is 13.2. The van der Waals surface area contributed by atoms with Crippen LogP contribution in [-0.2, 0) is 9.47 Å². The molecule has 1 fully saturated rings. The molecule has 1 saturated heterocycles. The molecule has 0 aliphatic carbocycles. The van der Waals surface area contributed by atoms with E-state index >= 15 is 0 Å². The molecule has 27 heavy (non-hydrogen) atoms. The molecule has 0 N–H and O–H groups in total. The molecule has 2 aromatic carbocycles. The molecule has 1 unspecified atom stereocenters. The average Bonchev–Trinajstić information content (AvgIpc) is 2.68. The molecule has 0 radical (unpaired) electrons. The van der Waals surface area contributed by atoms with Crippen LogP contribution >= 0.6 is 11.6 Å². The van der Waals surface area contributed by atoms with E-state index in [0.717, 1.165) is 24.8 Å². The minimum atomic E-state index is -0.362. The molecule has 1 aliphatic rings. The molecule has 0 spiro atoms. The molecule has 1 aliphatic heterocycles. The summed E-state index contributed by atoms with van der Waals surface area (Å²) >= 11 is 5.91. The number of benzene rings is 2. The number of ether oxygens (including phenoxy) is 3. The van der Waals surface area contributed by atoms with E-state index in [1.807, 2.05) is 0 Å². The van der Waals surface area contributed by atoms with Crippen LogP contribution in [-0.4, -0.2) is 24.9 Å².